The van der Waals surface area contributed by atoms with Gasteiger partial charge in [-0.1, -0.05) is 12.1 Å². The molecular weight excluding hydrogens is 181 g/mol. The Hall–Kier alpha value is -0.930. The van der Waals surface area contributed by atoms with E-state index in [1.165, 1.54) is 12.1 Å². The van der Waals surface area contributed by atoms with E-state index in [1.54, 1.807) is 26.0 Å². The van der Waals surface area contributed by atoms with Gasteiger partial charge in [0.05, 0.1) is 5.60 Å². The summed E-state index contributed by atoms with van der Waals surface area (Å²) in [4.78, 5) is 0. The Kier molecular flexibility index (Phi) is 3.24. The summed E-state index contributed by atoms with van der Waals surface area (Å²) < 4.78 is 12.6. The van der Waals surface area contributed by atoms with E-state index >= 15 is 0 Å². The number of rotatable bonds is 3. The molecule has 1 aromatic carbocycles. The van der Waals surface area contributed by atoms with Crippen molar-refractivity contribution in [1.82, 2.24) is 0 Å². The Bertz CT molecular complexity index is 293. The Morgan fingerprint density at radius 3 is 2.36 bits per heavy atom. The summed E-state index contributed by atoms with van der Waals surface area (Å²) in [5.74, 6) is -0.269. The molecule has 0 heterocycles. The molecule has 0 amide bonds. The van der Waals surface area contributed by atoms with Gasteiger partial charge in [0.25, 0.3) is 0 Å². The van der Waals surface area contributed by atoms with Crippen LogP contribution in [0.4, 0.5) is 4.39 Å². The van der Waals surface area contributed by atoms with Crippen LogP contribution in [0.3, 0.4) is 0 Å². The highest BCUT2D eigenvalue weighted by Gasteiger charge is 2.25. The summed E-state index contributed by atoms with van der Waals surface area (Å²) in [6, 6.07) is 5.77. The standard InChI is InChI=1S/C11H16FNO/c1-8(13)11(2,14)7-9-3-5-10(12)6-4-9/h3-6,8,14H,7,13H2,1-2H3. The van der Waals surface area contributed by atoms with Crippen LogP contribution in [0.2, 0.25) is 0 Å². The van der Waals surface area contributed by atoms with Crippen molar-refractivity contribution in [3.63, 3.8) is 0 Å². The molecule has 78 valence electrons. The highest BCUT2D eigenvalue weighted by Crippen LogP contribution is 2.16. The van der Waals surface area contributed by atoms with Crippen LogP contribution in [-0.4, -0.2) is 16.7 Å². The summed E-state index contributed by atoms with van der Waals surface area (Å²) in [6.07, 6.45) is 0.435. The zero-order valence-corrected chi connectivity index (χ0v) is 8.50. The molecule has 14 heavy (non-hydrogen) atoms. The Labute approximate surface area is 83.6 Å². The second kappa shape index (κ2) is 4.07. The number of halogens is 1. The van der Waals surface area contributed by atoms with Crippen LogP contribution in [0.1, 0.15) is 19.4 Å². The first kappa shape index (κ1) is 11.1. The number of hydrogen-bond donors (Lipinski definition) is 2. The minimum absolute atomic E-state index is 0.269. The first-order valence-electron chi connectivity index (χ1n) is 4.64. The Balaban J connectivity index is 2.74. The van der Waals surface area contributed by atoms with Gasteiger partial charge in [-0.15, -0.1) is 0 Å². The zero-order chi connectivity index (χ0) is 10.8. The fraction of sp³-hybridized carbons (Fsp3) is 0.455. The zero-order valence-electron chi connectivity index (χ0n) is 8.50. The number of nitrogens with two attached hydrogens (primary N) is 1. The number of hydrogen-bond acceptors (Lipinski definition) is 2. The average Bonchev–Trinajstić information content (AvgIpc) is 2.08. The minimum Gasteiger partial charge on any atom is -0.388 e. The van der Waals surface area contributed by atoms with E-state index in [4.69, 9.17) is 5.73 Å². The van der Waals surface area contributed by atoms with Crippen LogP contribution >= 0.6 is 0 Å². The fourth-order valence-electron chi connectivity index (χ4n) is 1.18. The van der Waals surface area contributed by atoms with Gasteiger partial charge in [0, 0.05) is 12.5 Å². The molecule has 2 nitrogen and oxygen atoms in total. The molecule has 1 rings (SSSR count). The van der Waals surface area contributed by atoms with Gasteiger partial charge in [0.1, 0.15) is 5.82 Å². The van der Waals surface area contributed by atoms with Crippen molar-refractivity contribution in [3.05, 3.63) is 35.6 Å². The largest absolute Gasteiger partial charge is 0.388 e. The third kappa shape index (κ3) is 2.79. The lowest BCUT2D eigenvalue weighted by Crippen LogP contribution is -2.45. The topological polar surface area (TPSA) is 46.2 Å². The summed E-state index contributed by atoms with van der Waals surface area (Å²) in [6.45, 7) is 3.44. The minimum atomic E-state index is -0.947. The maximum atomic E-state index is 12.6. The summed E-state index contributed by atoms with van der Waals surface area (Å²) in [5.41, 5.74) is 5.56. The van der Waals surface area contributed by atoms with E-state index in [2.05, 4.69) is 0 Å². The van der Waals surface area contributed by atoms with Gasteiger partial charge < -0.3 is 10.8 Å². The highest BCUT2D eigenvalue weighted by molar-refractivity contribution is 5.18. The van der Waals surface area contributed by atoms with E-state index in [9.17, 15) is 9.50 Å². The second-order valence-corrected chi connectivity index (χ2v) is 3.95. The monoisotopic (exact) mass is 197 g/mol. The molecule has 0 radical (unpaired) electrons. The molecule has 0 aliphatic heterocycles. The Morgan fingerprint density at radius 2 is 1.93 bits per heavy atom. The van der Waals surface area contributed by atoms with Gasteiger partial charge in [-0.2, -0.15) is 0 Å². The summed E-state index contributed by atoms with van der Waals surface area (Å²) in [5, 5.41) is 9.90. The third-order valence-corrected chi connectivity index (χ3v) is 2.46. The second-order valence-electron chi connectivity index (χ2n) is 3.95. The molecule has 0 saturated carbocycles. The molecule has 2 unspecified atom stereocenters. The van der Waals surface area contributed by atoms with Crippen LogP contribution < -0.4 is 5.73 Å². The molecule has 0 fully saturated rings. The normalized spacial score (nSPS) is 17.5. The van der Waals surface area contributed by atoms with E-state index in [0.29, 0.717) is 6.42 Å². The molecule has 2 atom stereocenters. The van der Waals surface area contributed by atoms with Crippen molar-refractivity contribution >= 4 is 0 Å². The van der Waals surface area contributed by atoms with Crippen LogP contribution in [0.25, 0.3) is 0 Å². The van der Waals surface area contributed by atoms with Crippen molar-refractivity contribution in [3.8, 4) is 0 Å². The van der Waals surface area contributed by atoms with Crippen molar-refractivity contribution in [2.45, 2.75) is 31.9 Å². The molecule has 0 aliphatic carbocycles. The SMILES string of the molecule is CC(N)C(C)(O)Cc1ccc(F)cc1. The lowest BCUT2D eigenvalue weighted by molar-refractivity contribution is 0.0388. The lowest BCUT2D eigenvalue weighted by atomic mass is 9.91. The molecule has 3 N–H and O–H groups in total. The van der Waals surface area contributed by atoms with E-state index in [-0.39, 0.29) is 11.9 Å². The predicted molar refractivity (Wildman–Crippen MR) is 54.4 cm³/mol. The molecular formula is C11H16FNO. The lowest BCUT2D eigenvalue weighted by Gasteiger charge is -2.27. The Morgan fingerprint density at radius 1 is 1.43 bits per heavy atom. The summed E-state index contributed by atoms with van der Waals surface area (Å²) >= 11 is 0. The highest BCUT2D eigenvalue weighted by atomic mass is 19.1. The fourth-order valence-corrected chi connectivity index (χ4v) is 1.18. The van der Waals surface area contributed by atoms with Crippen LogP contribution in [0, 0.1) is 5.82 Å². The van der Waals surface area contributed by atoms with Crippen molar-refractivity contribution < 1.29 is 9.50 Å². The van der Waals surface area contributed by atoms with Crippen LogP contribution in [-0.2, 0) is 6.42 Å². The molecule has 0 saturated heterocycles. The van der Waals surface area contributed by atoms with Crippen LogP contribution in [0.5, 0.6) is 0 Å². The first-order chi connectivity index (χ1) is 6.42. The van der Waals surface area contributed by atoms with Crippen molar-refractivity contribution in [2.24, 2.45) is 5.73 Å². The average molecular weight is 197 g/mol. The molecule has 0 bridgehead atoms. The third-order valence-electron chi connectivity index (χ3n) is 2.46. The molecule has 0 spiro atoms. The van der Waals surface area contributed by atoms with E-state index < -0.39 is 5.60 Å². The van der Waals surface area contributed by atoms with E-state index in [1.807, 2.05) is 0 Å². The maximum absolute atomic E-state index is 12.6. The van der Waals surface area contributed by atoms with Gasteiger partial charge in [-0.25, -0.2) is 4.39 Å². The summed E-state index contributed by atoms with van der Waals surface area (Å²) in [7, 11) is 0. The van der Waals surface area contributed by atoms with Gasteiger partial charge in [-0.3, -0.25) is 0 Å². The van der Waals surface area contributed by atoms with Gasteiger partial charge >= 0.3 is 0 Å². The predicted octanol–water partition coefficient (Wildman–Crippen LogP) is 1.47. The van der Waals surface area contributed by atoms with Gasteiger partial charge in [0.15, 0.2) is 0 Å². The molecule has 0 aromatic heterocycles. The molecule has 0 aliphatic rings. The van der Waals surface area contributed by atoms with Gasteiger partial charge in [0.2, 0.25) is 0 Å². The van der Waals surface area contributed by atoms with Crippen molar-refractivity contribution in [2.75, 3.05) is 0 Å². The quantitative estimate of drug-likeness (QED) is 0.770. The van der Waals surface area contributed by atoms with Gasteiger partial charge in [-0.05, 0) is 31.5 Å². The van der Waals surface area contributed by atoms with Crippen molar-refractivity contribution in [1.29, 1.82) is 0 Å². The first-order valence-corrected chi connectivity index (χ1v) is 4.64. The van der Waals surface area contributed by atoms with Crippen LogP contribution in [0.15, 0.2) is 24.3 Å². The maximum Gasteiger partial charge on any atom is 0.123 e. The van der Waals surface area contributed by atoms with E-state index in [0.717, 1.165) is 5.56 Å². The smallest absolute Gasteiger partial charge is 0.123 e. The number of aliphatic hydroxyl groups is 1. The molecule has 1 aromatic rings. The number of benzene rings is 1. The molecule has 3 heteroatoms.